The first-order valence-electron chi connectivity index (χ1n) is 5.32. The minimum Gasteiger partial charge on any atom is -0.481 e. The molecule has 0 saturated heterocycles. The van der Waals surface area contributed by atoms with Gasteiger partial charge in [0.1, 0.15) is 5.82 Å². The van der Waals surface area contributed by atoms with Crippen molar-refractivity contribution in [3.8, 4) is 0 Å². The zero-order chi connectivity index (χ0) is 13.9. The fourth-order valence-corrected chi connectivity index (χ4v) is 2.19. The molecule has 1 atom stereocenters. The first-order valence-corrected chi connectivity index (χ1v) is 6.87. The summed E-state index contributed by atoms with van der Waals surface area (Å²) in [5.74, 6) is -2.99. The molecular weight excluding hydrogens is 261 g/mol. The summed E-state index contributed by atoms with van der Waals surface area (Å²) in [4.78, 5) is 10.6. The minimum absolute atomic E-state index is 0.0308. The molecule has 100 valence electrons. The second-order valence-electron chi connectivity index (χ2n) is 3.91. The number of hydrogen-bond donors (Lipinski definition) is 2. The first kappa shape index (κ1) is 14.6. The molecule has 0 fully saturated rings. The molecule has 5 nitrogen and oxygen atoms in total. The topological polar surface area (TPSA) is 97.5 Å². The number of rotatable bonds is 5. The van der Waals surface area contributed by atoms with Gasteiger partial charge in [0, 0.05) is 5.56 Å². The van der Waals surface area contributed by atoms with Crippen LogP contribution in [0.5, 0.6) is 0 Å². The van der Waals surface area contributed by atoms with Gasteiger partial charge in [-0.1, -0.05) is 19.4 Å². The predicted octanol–water partition coefficient (Wildman–Crippen LogP) is 1.44. The van der Waals surface area contributed by atoms with Crippen molar-refractivity contribution >= 4 is 16.0 Å². The molecular formula is C11H14FNO4S. The Morgan fingerprint density at radius 2 is 2.11 bits per heavy atom. The Bertz CT molecular complexity index is 556. The van der Waals surface area contributed by atoms with Crippen molar-refractivity contribution in [3.63, 3.8) is 0 Å². The average Bonchev–Trinajstić information content (AvgIpc) is 2.24. The molecule has 1 aromatic rings. The van der Waals surface area contributed by atoms with E-state index in [0.717, 1.165) is 18.2 Å². The predicted molar refractivity (Wildman–Crippen MR) is 63.1 cm³/mol. The lowest BCUT2D eigenvalue weighted by molar-refractivity contribution is -0.139. The quantitative estimate of drug-likeness (QED) is 0.849. The van der Waals surface area contributed by atoms with Crippen molar-refractivity contribution in [2.45, 2.75) is 30.6 Å². The molecule has 7 heteroatoms. The average molecular weight is 275 g/mol. The molecule has 0 saturated carbocycles. The van der Waals surface area contributed by atoms with E-state index in [1.807, 2.05) is 0 Å². The second kappa shape index (κ2) is 5.45. The van der Waals surface area contributed by atoms with E-state index >= 15 is 0 Å². The summed E-state index contributed by atoms with van der Waals surface area (Å²) >= 11 is 0. The molecule has 0 aromatic heterocycles. The van der Waals surface area contributed by atoms with Gasteiger partial charge in [0.15, 0.2) is 0 Å². The summed E-state index contributed by atoms with van der Waals surface area (Å²) in [6.45, 7) is 1.78. The van der Waals surface area contributed by atoms with Gasteiger partial charge in [-0.15, -0.1) is 0 Å². The van der Waals surface area contributed by atoms with Gasteiger partial charge >= 0.3 is 5.97 Å². The number of benzene rings is 1. The van der Waals surface area contributed by atoms with E-state index in [1.54, 1.807) is 6.92 Å². The van der Waals surface area contributed by atoms with Gasteiger partial charge in [0.25, 0.3) is 0 Å². The monoisotopic (exact) mass is 275 g/mol. The molecule has 0 radical (unpaired) electrons. The molecule has 0 heterocycles. The minimum atomic E-state index is -3.99. The van der Waals surface area contributed by atoms with Crippen LogP contribution in [0.1, 0.15) is 31.2 Å². The van der Waals surface area contributed by atoms with E-state index in [-0.39, 0.29) is 16.9 Å². The molecule has 1 unspecified atom stereocenters. The molecule has 1 rings (SSSR count). The third-order valence-electron chi connectivity index (χ3n) is 2.55. The first-order chi connectivity index (χ1) is 8.27. The van der Waals surface area contributed by atoms with Crippen LogP contribution in [0.15, 0.2) is 23.1 Å². The number of aliphatic carboxylic acids is 1. The third kappa shape index (κ3) is 3.27. The highest BCUT2D eigenvalue weighted by atomic mass is 32.2. The van der Waals surface area contributed by atoms with Gasteiger partial charge in [-0.3, -0.25) is 4.79 Å². The van der Waals surface area contributed by atoms with Crippen molar-refractivity contribution in [2.24, 2.45) is 5.14 Å². The Labute approximate surface area is 104 Å². The highest BCUT2D eigenvalue weighted by Crippen LogP contribution is 2.26. The summed E-state index contributed by atoms with van der Waals surface area (Å²) in [5.41, 5.74) is -0.0308. The molecule has 0 aliphatic heterocycles. The van der Waals surface area contributed by atoms with Crippen molar-refractivity contribution in [2.75, 3.05) is 0 Å². The lowest BCUT2D eigenvalue weighted by Gasteiger charge is -2.13. The van der Waals surface area contributed by atoms with Crippen LogP contribution in [0.4, 0.5) is 4.39 Å². The molecule has 1 aromatic carbocycles. The lowest BCUT2D eigenvalue weighted by atomic mass is 9.94. The van der Waals surface area contributed by atoms with Crippen LogP contribution in [0.25, 0.3) is 0 Å². The summed E-state index contributed by atoms with van der Waals surface area (Å²) in [7, 11) is -3.99. The van der Waals surface area contributed by atoms with Crippen LogP contribution >= 0.6 is 0 Å². The zero-order valence-electron chi connectivity index (χ0n) is 9.76. The maximum absolute atomic E-state index is 13.7. The van der Waals surface area contributed by atoms with Gasteiger partial charge in [-0.05, 0) is 18.6 Å². The normalized spacial score (nSPS) is 13.3. The molecule has 0 amide bonds. The maximum Gasteiger partial charge on any atom is 0.311 e. The molecule has 18 heavy (non-hydrogen) atoms. The van der Waals surface area contributed by atoms with Crippen LogP contribution in [-0.4, -0.2) is 19.5 Å². The maximum atomic E-state index is 13.7. The van der Waals surface area contributed by atoms with Crippen LogP contribution in [-0.2, 0) is 14.8 Å². The van der Waals surface area contributed by atoms with Gasteiger partial charge in [-0.25, -0.2) is 17.9 Å². The molecule has 0 aliphatic rings. The number of sulfonamides is 1. The number of carboxylic acids is 1. The fourth-order valence-electron chi connectivity index (χ4n) is 1.67. The Balaban J connectivity index is 3.23. The summed E-state index contributed by atoms with van der Waals surface area (Å²) in [6.07, 6.45) is 0.855. The van der Waals surface area contributed by atoms with Crippen molar-refractivity contribution in [1.29, 1.82) is 0 Å². The molecule has 0 spiro atoms. The molecule has 3 N–H and O–H groups in total. The van der Waals surface area contributed by atoms with E-state index < -0.39 is 27.7 Å². The Hall–Kier alpha value is -1.47. The molecule has 0 bridgehead atoms. The highest BCUT2D eigenvalue weighted by molar-refractivity contribution is 7.89. The fraction of sp³-hybridized carbons (Fsp3) is 0.364. The highest BCUT2D eigenvalue weighted by Gasteiger charge is 2.23. The van der Waals surface area contributed by atoms with E-state index in [4.69, 9.17) is 10.2 Å². The lowest BCUT2D eigenvalue weighted by Crippen LogP contribution is -2.16. The second-order valence-corrected chi connectivity index (χ2v) is 5.47. The van der Waals surface area contributed by atoms with Crippen molar-refractivity contribution in [1.82, 2.24) is 0 Å². The van der Waals surface area contributed by atoms with Crippen LogP contribution in [0.2, 0.25) is 0 Å². The van der Waals surface area contributed by atoms with Crippen LogP contribution in [0, 0.1) is 5.82 Å². The summed E-state index contributed by atoms with van der Waals surface area (Å²) in [6, 6.07) is 3.01. The number of carboxylic acid groups (broad SMARTS) is 1. The number of carbonyl (C=O) groups is 1. The Morgan fingerprint density at radius 3 is 2.50 bits per heavy atom. The zero-order valence-corrected chi connectivity index (χ0v) is 10.6. The van der Waals surface area contributed by atoms with E-state index in [1.165, 1.54) is 0 Å². The Kier molecular flexibility index (Phi) is 4.42. The van der Waals surface area contributed by atoms with Crippen molar-refractivity contribution in [3.05, 3.63) is 29.6 Å². The number of nitrogens with two attached hydrogens (primary N) is 1. The smallest absolute Gasteiger partial charge is 0.311 e. The Morgan fingerprint density at radius 1 is 1.50 bits per heavy atom. The van der Waals surface area contributed by atoms with Gasteiger partial charge in [0.05, 0.1) is 10.8 Å². The third-order valence-corrected chi connectivity index (χ3v) is 3.46. The van der Waals surface area contributed by atoms with Crippen molar-refractivity contribution < 1.29 is 22.7 Å². The standard InChI is InChI=1S/C11H14FNO4S/c1-2-3-9(11(14)15)8-5-4-7(6-10(8)12)18(13,16)17/h4-6,9H,2-3H2,1H3,(H,14,15)(H2,13,16,17). The number of halogens is 1. The summed E-state index contributed by atoms with van der Waals surface area (Å²) < 4.78 is 35.8. The van der Waals surface area contributed by atoms with E-state index in [2.05, 4.69) is 0 Å². The van der Waals surface area contributed by atoms with Crippen LogP contribution in [0.3, 0.4) is 0 Å². The number of hydrogen-bond acceptors (Lipinski definition) is 3. The SMILES string of the molecule is CCCC(C(=O)O)c1ccc(S(N)(=O)=O)cc1F. The number of primary sulfonamides is 1. The molecule has 0 aliphatic carbocycles. The van der Waals surface area contributed by atoms with Gasteiger partial charge in [-0.2, -0.15) is 0 Å². The van der Waals surface area contributed by atoms with Gasteiger partial charge in [0.2, 0.25) is 10.0 Å². The summed E-state index contributed by atoms with van der Waals surface area (Å²) in [5, 5.41) is 13.9. The largest absolute Gasteiger partial charge is 0.481 e. The van der Waals surface area contributed by atoms with Crippen LogP contribution < -0.4 is 5.14 Å². The van der Waals surface area contributed by atoms with Gasteiger partial charge < -0.3 is 5.11 Å². The van der Waals surface area contributed by atoms with E-state index in [9.17, 15) is 17.6 Å². The van der Waals surface area contributed by atoms with E-state index in [0.29, 0.717) is 6.42 Å².